The van der Waals surface area contributed by atoms with Crippen LogP contribution in [0.25, 0.3) is 10.9 Å². The third-order valence-corrected chi connectivity index (χ3v) is 3.60. The van der Waals surface area contributed by atoms with Crippen molar-refractivity contribution < 1.29 is 13.9 Å². The molecule has 0 spiro atoms. The molecule has 3 N–H and O–H groups in total. The second-order valence-corrected chi connectivity index (χ2v) is 4.75. The largest absolute Gasteiger partial charge is 0.462 e. The first-order valence-corrected chi connectivity index (χ1v) is 6.58. The quantitative estimate of drug-likeness (QED) is 0.373. The topological polar surface area (TPSA) is 77.2 Å². The van der Waals surface area contributed by atoms with E-state index in [1.807, 2.05) is 22.6 Å². The number of halogens is 2. The van der Waals surface area contributed by atoms with Crippen molar-refractivity contribution in [3.63, 3.8) is 0 Å². The fraction of sp³-hybridized carbons (Fsp3) is 0.167. The first-order chi connectivity index (χ1) is 9.10. The van der Waals surface area contributed by atoms with Gasteiger partial charge in [0, 0.05) is 11.6 Å². The number of nitrogen functional groups attached to an aromatic ring is 1. The summed E-state index contributed by atoms with van der Waals surface area (Å²) in [5.74, 6) is 4.57. The van der Waals surface area contributed by atoms with E-state index in [1.165, 1.54) is 18.3 Å². The zero-order chi connectivity index (χ0) is 14.0. The molecule has 0 aliphatic rings. The van der Waals surface area contributed by atoms with Crippen molar-refractivity contribution in [1.82, 2.24) is 4.98 Å². The number of hydrogen-bond acceptors (Lipinski definition) is 5. The van der Waals surface area contributed by atoms with Gasteiger partial charge in [-0.15, -0.1) is 0 Å². The number of hydrogen-bond donors (Lipinski definition) is 2. The molecule has 1 aromatic carbocycles. The van der Waals surface area contributed by atoms with Gasteiger partial charge in [0.25, 0.3) is 0 Å². The predicted octanol–water partition coefficient (Wildman–Crippen LogP) is 2.44. The minimum Gasteiger partial charge on any atom is -0.462 e. The van der Waals surface area contributed by atoms with E-state index >= 15 is 0 Å². The molecule has 5 nitrogen and oxygen atoms in total. The molecule has 7 heteroatoms. The molecular formula is C12H11FIN3O2. The van der Waals surface area contributed by atoms with E-state index in [2.05, 4.69) is 10.4 Å². The van der Waals surface area contributed by atoms with Crippen molar-refractivity contribution >= 4 is 45.2 Å². The van der Waals surface area contributed by atoms with Crippen molar-refractivity contribution in [2.45, 2.75) is 6.92 Å². The fourth-order valence-corrected chi connectivity index (χ4v) is 2.34. The minimum atomic E-state index is -0.524. The van der Waals surface area contributed by atoms with Crippen molar-refractivity contribution in [2.24, 2.45) is 5.84 Å². The van der Waals surface area contributed by atoms with E-state index < -0.39 is 5.97 Å². The molecule has 0 fully saturated rings. The smallest absolute Gasteiger partial charge is 0.341 e. The van der Waals surface area contributed by atoms with E-state index in [9.17, 15) is 9.18 Å². The highest BCUT2D eigenvalue weighted by Crippen LogP contribution is 2.29. The number of anilines is 1. The number of hydrazine groups is 1. The number of esters is 1. The molecule has 0 atom stereocenters. The Kier molecular flexibility index (Phi) is 4.15. The summed E-state index contributed by atoms with van der Waals surface area (Å²) in [5.41, 5.74) is 3.50. The molecule has 2 rings (SSSR count). The summed E-state index contributed by atoms with van der Waals surface area (Å²) in [7, 11) is 0. The van der Waals surface area contributed by atoms with Crippen molar-refractivity contribution in [2.75, 3.05) is 12.0 Å². The predicted molar refractivity (Wildman–Crippen MR) is 78.2 cm³/mol. The molecule has 0 aliphatic carbocycles. The summed E-state index contributed by atoms with van der Waals surface area (Å²) < 4.78 is 18.8. The number of nitrogens with one attached hydrogen (secondary N) is 1. The number of benzene rings is 1. The molecular weight excluding hydrogens is 364 g/mol. The van der Waals surface area contributed by atoms with Crippen LogP contribution in [0.1, 0.15) is 17.3 Å². The van der Waals surface area contributed by atoms with Gasteiger partial charge in [0.05, 0.1) is 21.4 Å². The van der Waals surface area contributed by atoms with Gasteiger partial charge in [-0.1, -0.05) is 0 Å². The van der Waals surface area contributed by atoms with Gasteiger partial charge in [-0.2, -0.15) is 0 Å². The molecule has 0 saturated heterocycles. The molecule has 1 heterocycles. The SMILES string of the molecule is CCOC(=O)c1cnc2c(I)c(F)ccc2c1NN. The summed E-state index contributed by atoms with van der Waals surface area (Å²) in [6.07, 6.45) is 1.33. The summed E-state index contributed by atoms with van der Waals surface area (Å²) in [6.45, 7) is 1.96. The second-order valence-electron chi connectivity index (χ2n) is 3.67. The van der Waals surface area contributed by atoms with Gasteiger partial charge in [-0.25, -0.2) is 9.18 Å². The van der Waals surface area contributed by atoms with Gasteiger partial charge >= 0.3 is 5.97 Å². The summed E-state index contributed by atoms with van der Waals surface area (Å²) in [4.78, 5) is 15.9. The number of aromatic nitrogens is 1. The zero-order valence-electron chi connectivity index (χ0n) is 10.0. The molecule has 0 amide bonds. The standard InChI is InChI=1S/C12H11FIN3O2/c1-2-19-12(18)7-5-16-11-6(10(7)17-15)3-4-8(13)9(11)14/h3-5H,2,15H2,1H3,(H,16,17). The van der Waals surface area contributed by atoms with E-state index in [1.54, 1.807) is 6.92 Å². The van der Waals surface area contributed by atoms with E-state index in [-0.39, 0.29) is 18.0 Å². The van der Waals surface area contributed by atoms with Gasteiger partial charge in [0.1, 0.15) is 11.4 Å². The van der Waals surface area contributed by atoms with Crippen LogP contribution in [0.4, 0.5) is 10.1 Å². The van der Waals surface area contributed by atoms with Gasteiger partial charge in [0.2, 0.25) is 0 Å². The van der Waals surface area contributed by atoms with E-state index in [0.717, 1.165) is 0 Å². The lowest BCUT2D eigenvalue weighted by Crippen LogP contribution is -2.15. The van der Waals surface area contributed by atoms with Crippen molar-refractivity contribution in [1.29, 1.82) is 0 Å². The number of pyridine rings is 1. The number of ether oxygens (including phenoxy) is 1. The van der Waals surface area contributed by atoms with Gasteiger partial charge < -0.3 is 10.2 Å². The lowest BCUT2D eigenvalue weighted by molar-refractivity contribution is 0.0527. The third kappa shape index (κ3) is 2.47. The van der Waals surface area contributed by atoms with Crippen LogP contribution in [-0.2, 0) is 4.74 Å². The maximum atomic E-state index is 13.5. The highest BCUT2D eigenvalue weighted by atomic mass is 127. The Bertz CT molecular complexity index is 648. The molecule has 0 aliphatic heterocycles. The highest BCUT2D eigenvalue weighted by molar-refractivity contribution is 14.1. The summed E-state index contributed by atoms with van der Waals surface area (Å²) in [5, 5.41) is 0.568. The second kappa shape index (κ2) is 5.66. The molecule has 100 valence electrons. The van der Waals surface area contributed by atoms with E-state index in [0.29, 0.717) is 20.2 Å². The Hall–Kier alpha value is -1.48. The Labute approximate surface area is 122 Å². The highest BCUT2D eigenvalue weighted by Gasteiger charge is 2.18. The zero-order valence-corrected chi connectivity index (χ0v) is 12.2. The number of carbonyl (C=O) groups excluding carboxylic acids is 1. The van der Waals surface area contributed by atoms with Crippen LogP contribution in [0.3, 0.4) is 0 Å². The molecule has 1 aromatic heterocycles. The van der Waals surface area contributed by atoms with Crippen LogP contribution in [0.15, 0.2) is 18.3 Å². The van der Waals surface area contributed by atoms with Crippen molar-refractivity contribution in [3.05, 3.63) is 33.3 Å². The number of rotatable bonds is 3. The Morgan fingerprint density at radius 2 is 2.32 bits per heavy atom. The lowest BCUT2D eigenvalue weighted by atomic mass is 10.1. The molecule has 2 aromatic rings. The van der Waals surface area contributed by atoms with Crippen LogP contribution >= 0.6 is 22.6 Å². The molecule has 0 saturated carbocycles. The summed E-state index contributed by atoms with van der Waals surface area (Å²) >= 11 is 1.86. The number of fused-ring (bicyclic) bond motifs is 1. The van der Waals surface area contributed by atoms with E-state index in [4.69, 9.17) is 10.6 Å². The summed E-state index contributed by atoms with van der Waals surface area (Å²) in [6, 6.07) is 2.83. The third-order valence-electron chi connectivity index (χ3n) is 2.57. The number of nitrogens with two attached hydrogens (primary N) is 1. The van der Waals surface area contributed by atoms with Crippen LogP contribution < -0.4 is 11.3 Å². The monoisotopic (exact) mass is 375 g/mol. The number of nitrogens with zero attached hydrogens (tertiary/aromatic N) is 1. The molecule has 0 unspecified atom stereocenters. The molecule has 0 bridgehead atoms. The molecule has 0 radical (unpaired) electrons. The minimum absolute atomic E-state index is 0.222. The fourth-order valence-electron chi connectivity index (χ4n) is 1.73. The van der Waals surface area contributed by atoms with Crippen LogP contribution in [0, 0.1) is 9.39 Å². The van der Waals surface area contributed by atoms with Gasteiger partial charge in [0.15, 0.2) is 0 Å². The Morgan fingerprint density at radius 1 is 1.58 bits per heavy atom. The van der Waals surface area contributed by atoms with Gasteiger partial charge in [-0.05, 0) is 41.6 Å². The maximum Gasteiger partial charge on any atom is 0.341 e. The van der Waals surface area contributed by atoms with Crippen molar-refractivity contribution in [3.8, 4) is 0 Å². The average Bonchev–Trinajstić information content (AvgIpc) is 2.41. The lowest BCUT2D eigenvalue weighted by Gasteiger charge is -2.11. The normalized spacial score (nSPS) is 10.5. The van der Waals surface area contributed by atoms with Gasteiger partial charge in [-0.3, -0.25) is 10.8 Å². The maximum absolute atomic E-state index is 13.5. The van der Waals surface area contributed by atoms with Crippen LogP contribution in [0.5, 0.6) is 0 Å². The Balaban J connectivity index is 2.70. The molecule has 19 heavy (non-hydrogen) atoms. The van der Waals surface area contributed by atoms with Crippen LogP contribution in [0.2, 0.25) is 0 Å². The first kappa shape index (κ1) is 13.9. The number of carbonyl (C=O) groups is 1. The Morgan fingerprint density at radius 3 is 2.95 bits per heavy atom. The average molecular weight is 375 g/mol. The van der Waals surface area contributed by atoms with Crippen LogP contribution in [-0.4, -0.2) is 17.6 Å². The first-order valence-electron chi connectivity index (χ1n) is 5.50.